The van der Waals surface area contributed by atoms with Crippen LogP contribution in [-0.2, 0) is 17.8 Å². The largest absolute Gasteiger partial charge is 0.383 e. The van der Waals surface area contributed by atoms with E-state index in [9.17, 15) is 9.59 Å². The van der Waals surface area contributed by atoms with Crippen LogP contribution in [0.25, 0.3) is 0 Å². The second-order valence-corrected chi connectivity index (χ2v) is 6.25. The first-order valence-corrected chi connectivity index (χ1v) is 9.02. The number of amides is 3. The average Bonchev–Trinajstić information content (AvgIpc) is 2.96. The third-order valence-electron chi connectivity index (χ3n) is 4.28. The topological polar surface area (TPSA) is 97.3 Å². The Hall–Kier alpha value is -3.13. The molecule has 2 aromatic rings. The van der Waals surface area contributed by atoms with Crippen molar-refractivity contribution in [1.82, 2.24) is 20.4 Å². The number of carbonyl (C=O) groups excluding carboxylic acids is 2. The van der Waals surface area contributed by atoms with E-state index >= 15 is 0 Å². The first-order chi connectivity index (χ1) is 13.5. The molecule has 3 N–H and O–H groups in total. The normalized spacial score (nSPS) is 10.4. The van der Waals surface area contributed by atoms with Gasteiger partial charge in [0.2, 0.25) is 0 Å². The highest BCUT2D eigenvalue weighted by molar-refractivity contribution is 5.95. The molecule has 0 atom stereocenters. The highest BCUT2D eigenvalue weighted by atomic mass is 16.5. The van der Waals surface area contributed by atoms with Gasteiger partial charge >= 0.3 is 6.03 Å². The van der Waals surface area contributed by atoms with Crippen LogP contribution in [0.15, 0.2) is 36.9 Å². The van der Waals surface area contributed by atoms with E-state index in [0.717, 1.165) is 17.0 Å². The molecule has 0 aliphatic carbocycles. The zero-order valence-corrected chi connectivity index (χ0v) is 16.5. The van der Waals surface area contributed by atoms with Gasteiger partial charge in [-0.2, -0.15) is 5.10 Å². The molecule has 2 rings (SSSR count). The number of rotatable bonds is 9. The van der Waals surface area contributed by atoms with Gasteiger partial charge in [0.15, 0.2) is 0 Å². The fraction of sp³-hybridized carbons (Fsp3) is 0.350. The summed E-state index contributed by atoms with van der Waals surface area (Å²) < 4.78 is 6.97. The maximum absolute atomic E-state index is 12.2. The lowest BCUT2D eigenvalue weighted by Crippen LogP contribution is -2.28. The third-order valence-corrected chi connectivity index (χ3v) is 4.28. The van der Waals surface area contributed by atoms with Crippen LogP contribution < -0.4 is 16.0 Å². The van der Waals surface area contributed by atoms with Gasteiger partial charge < -0.3 is 20.7 Å². The Kier molecular flexibility index (Phi) is 7.76. The van der Waals surface area contributed by atoms with Crippen molar-refractivity contribution in [1.29, 1.82) is 0 Å². The minimum atomic E-state index is -0.327. The molecule has 1 aromatic carbocycles. The van der Waals surface area contributed by atoms with Crippen LogP contribution in [0, 0.1) is 13.8 Å². The minimum Gasteiger partial charge on any atom is -0.383 e. The number of hydrogen-bond donors (Lipinski definition) is 3. The number of methoxy groups -OCH3 is 1. The quantitative estimate of drug-likeness (QED) is 0.577. The van der Waals surface area contributed by atoms with E-state index in [0.29, 0.717) is 37.5 Å². The summed E-state index contributed by atoms with van der Waals surface area (Å²) in [4.78, 5) is 24.0. The van der Waals surface area contributed by atoms with E-state index in [1.807, 2.05) is 18.5 Å². The summed E-state index contributed by atoms with van der Waals surface area (Å²) in [6.07, 6.45) is 1.61. The fourth-order valence-electron chi connectivity index (χ4n) is 2.70. The Bertz CT molecular complexity index is 827. The van der Waals surface area contributed by atoms with Gasteiger partial charge in [0, 0.05) is 42.7 Å². The first-order valence-electron chi connectivity index (χ1n) is 9.02. The number of anilines is 1. The number of urea groups is 1. The van der Waals surface area contributed by atoms with Crippen LogP contribution >= 0.6 is 0 Å². The van der Waals surface area contributed by atoms with Crippen molar-refractivity contribution in [2.24, 2.45) is 0 Å². The van der Waals surface area contributed by atoms with Crippen molar-refractivity contribution in [3.05, 3.63) is 59.4 Å². The summed E-state index contributed by atoms with van der Waals surface area (Å²) in [5.41, 5.74) is 3.98. The maximum atomic E-state index is 12.2. The molecule has 0 aliphatic rings. The van der Waals surface area contributed by atoms with Gasteiger partial charge in [0.1, 0.15) is 0 Å². The predicted octanol–water partition coefficient (Wildman–Crippen LogP) is 2.38. The molecule has 8 heteroatoms. The lowest BCUT2D eigenvalue weighted by atomic mass is 10.2. The number of benzene rings is 1. The first kappa shape index (κ1) is 21.2. The minimum absolute atomic E-state index is 0.188. The number of carbonyl (C=O) groups is 2. The summed E-state index contributed by atoms with van der Waals surface area (Å²) in [7, 11) is 1.65. The van der Waals surface area contributed by atoms with Gasteiger partial charge in [-0.15, -0.1) is 6.58 Å². The Morgan fingerprint density at radius 2 is 1.93 bits per heavy atom. The lowest BCUT2D eigenvalue weighted by Gasteiger charge is -2.09. The summed E-state index contributed by atoms with van der Waals surface area (Å²) in [5.74, 6) is -0.188. The standard InChI is InChI=1S/C20H27N5O3/c1-5-10-21-19(26)16-6-8-17(9-7-16)23-20(27)22-13-18-14(2)24-25(15(18)3)11-12-28-4/h5-9H,1,10-13H2,2-4H3,(H,21,26)(H2,22,23,27). The summed E-state index contributed by atoms with van der Waals surface area (Å²) in [5, 5.41) is 12.8. The number of hydrogen-bond acceptors (Lipinski definition) is 4. The molecular weight excluding hydrogens is 358 g/mol. The van der Waals surface area contributed by atoms with Crippen LogP contribution in [0.4, 0.5) is 10.5 Å². The van der Waals surface area contributed by atoms with Crippen molar-refractivity contribution in [3.63, 3.8) is 0 Å². The monoisotopic (exact) mass is 385 g/mol. The Morgan fingerprint density at radius 1 is 1.21 bits per heavy atom. The van der Waals surface area contributed by atoms with E-state index < -0.39 is 0 Å². The van der Waals surface area contributed by atoms with Crippen molar-refractivity contribution in [3.8, 4) is 0 Å². The number of nitrogens with one attached hydrogen (secondary N) is 3. The molecule has 0 fully saturated rings. The van der Waals surface area contributed by atoms with Crippen LogP contribution in [-0.4, -0.2) is 42.0 Å². The Labute approximate surface area is 165 Å². The van der Waals surface area contributed by atoms with Gasteiger partial charge in [-0.3, -0.25) is 9.48 Å². The van der Waals surface area contributed by atoms with E-state index in [1.165, 1.54) is 0 Å². The van der Waals surface area contributed by atoms with Crippen LogP contribution in [0.1, 0.15) is 27.3 Å². The van der Waals surface area contributed by atoms with Crippen molar-refractivity contribution in [2.75, 3.05) is 25.6 Å². The van der Waals surface area contributed by atoms with Gasteiger partial charge in [-0.05, 0) is 38.1 Å². The van der Waals surface area contributed by atoms with Crippen LogP contribution in [0.2, 0.25) is 0 Å². The Balaban J connectivity index is 1.90. The smallest absolute Gasteiger partial charge is 0.319 e. The van der Waals surface area contributed by atoms with Gasteiger partial charge in [0.05, 0.1) is 18.8 Å². The molecule has 8 nitrogen and oxygen atoms in total. The molecule has 1 aromatic heterocycles. The molecule has 1 heterocycles. The van der Waals surface area contributed by atoms with Crippen molar-refractivity contribution < 1.29 is 14.3 Å². The molecule has 0 unspecified atom stereocenters. The van der Waals surface area contributed by atoms with E-state index in [-0.39, 0.29) is 11.9 Å². The number of nitrogens with zero attached hydrogens (tertiary/aromatic N) is 2. The van der Waals surface area contributed by atoms with Crippen molar-refractivity contribution in [2.45, 2.75) is 26.9 Å². The molecule has 0 aliphatic heterocycles. The molecule has 150 valence electrons. The lowest BCUT2D eigenvalue weighted by molar-refractivity contribution is 0.0958. The maximum Gasteiger partial charge on any atom is 0.319 e. The highest BCUT2D eigenvalue weighted by Gasteiger charge is 2.12. The SMILES string of the molecule is C=CCNC(=O)c1ccc(NC(=O)NCc2c(C)nn(CCOC)c2C)cc1. The van der Waals surface area contributed by atoms with Crippen molar-refractivity contribution >= 4 is 17.6 Å². The second kappa shape index (κ2) is 10.3. The molecular formula is C20H27N5O3. The third kappa shape index (κ3) is 5.68. The van der Waals surface area contributed by atoms with E-state index in [2.05, 4.69) is 27.6 Å². The predicted molar refractivity (Wildman–Crippen MR) is 108 cm³/mol. The zero-order chi connectivity index (χ0) is 20.5. The molecule has 0 bridgehead atoms. The summed E-state index contributed by atoms with van der Waals surface area (Å²) in [6, 6.07) is 6.35. The number of aromatic nitrogens is 2. The fourth-order valence-corrected chi connectivity index (χ4v) is 2.70. The van der Waals surface area contributed by atoms with E-state index in [4.69, 9.17) is 4.74 Å². The molecule has 28 heavy (non-hydrogen) atoms. The van der Waals surface area contributed by atoms with E-state index in [1.54, 1.807) is 37.5 Å². The molecule has 0 radical (unpaired) electrons. The number of aryl methyl sites for hydroxylation is 1. The van der Waals surface area contributed by atoms with Gasteiger partial charge in [0.25, 0.3) is 5.91 Å². The average molecular weight is 385 g/mol. The number of ether oxygens (including phenoxy) is 1. The summed E-state index contributed by atoms with van der Waals surface area (Å²) >= 11 is 0. The molecule has 0 spiro atoms. The van der Waals surface area contributed by atoms with Gasteiger partial charge in [-0.1, -0.05) is 6.08 Å². The van der Waals surface area contributed by atoms with Gasteiger partial charge in [-0.25, -0.2) is 4.79 Å². The molecule has 0 saturated carbocycles. The molecule has 3 amide bonds. The van der Waals surface area contributed by atoms with Crippen LogP contribution in [0.5, 0.6) is 0 Å². The molecule has 0 saturated heterocycles. The second-order valence-electron chi connectivity index (χ2n) is 6.25. The summed E-state index contributed by atoms with van der Waals surface area (Å²) in [6.45, 7) is 9.48. The Morgan fingerprint density at radius 3 is 2.57 bits per heavy atom. The van der Waals surface area contributed by atoms with Crippen LogP contribution in [0.3, 0.4) is 0 Å². The zero-order valence-electron chi connectivity index (χ0n) is 16.5. The highest BCUT2D eigenvalue weighted by Crippen LogP contribution is 2.13.